The summed E-state index contributed by atoms with van der Waals surface area (Å²) in [7, 11) is 1.92. The number of aryl methyl sites for hydroxylation is 1. The SMILES string of the molecule is C[C@@H](NCc1cnn(C)c1)c1ccccn1. The van der Waals surface area contributed by atoms with Crippen molar-refractivity contribution in [2.75, 3.05) is 0 Å². The molecule has 0 aliphatic rings. The van der Waals surface area contributed by atoms with Crippen LogP contribution in [0, 0.1) is 0 Å². The van der Waals surface area contributed by atoms with Crippen LogP contribution in [0.25, 0.3) is 0 Å². The van der Waals surface area contributed by atoms with Crippen molar-refractivity contribution in [1.29, 1.82) is 0 Å². The fourth-order valence-electron chi connectivity index (χ4n) is 1.57. The van der Waals surface area contributed by atoms with Crippen molar-refractivity contribution in [3.63, 3.8) is 0 Å². The molecule has 0 aromatic carbocycles. The molecule has 0 saturated carbocycles. The number of pyridine rings is 1. The summed E-state index contributed by atoms with van der Waals surface area (Å²) in [4.78, 5) is 4.31. The van der Waals surface area contributed by atoms with E-state index in [-0.39, 0.29) is 6.04 Å². The standard InChI is InChI=1S/C12H16N4/c1-10(12-5-3-4-6-13-12)14-7-11-8-15-16(2)9-11/h3-6,8-10,14H,7H2,1-2H3/t10-/m1/s1. The maximum absolute atomic E-state index is 4.31. The Labute approximate surface area is 95.3 Å². The first kappa shape index (κ1) is 10.8. The van der Waals surface area contributed by atoms with Crippen LogP contribution in [0.1, 0.15) is 24.2 Å². The van der Waals surface area contributed by atoms with Crippen LogP contribution in [-0.2, 0) is 13.6 Å². The lowest BCUT2D eigenvalue weighted by atomic mass is 10.2. The molecule has 0 radical (unpaired) electrons. The molecule has 4 heteroatoms. The molecule has 2 aromatic heterocycles. The van der Waals surface area contributed by atoms with Crippen molar-refractivity contribution in [2.45, 2.75) is 19.5 Å². The minimum Gasteiger partial charge on any atom is -0.305 e. The monoisotopic (exact) mass is 216 g/mol. The van der Waals surface area contributed by atoms with E-state index in [1.165, 1.54) is 5.56 Å². The Balaban J connectivity index is 1.91. The van der Waals surface area contributed by atoms with Crippen molar-refractivity contribution < 1.29 is 0 Å². The molecule has 84 valence electrons. The van der Waals surface area contributed by atoms with Crippen molar-refractivity contribution in [3.05, 3.63) is 48.0 Å². The number of hydrogen-bond donors (Lipinski definition) is 1. The predicted octanol–water partition coefficient (Wildman–Crippen LogP) is 1.67. The topological polar surface area (TPSA) is 42.7 Å². The smallest absolute Gasteiger partial charge is 0.0570 e. The van der Waals surface area contributed by atoms with E-state index < -0.39 is 0 Å². The van der Waals surface area contributed by atoms with E-state index >= 15 is 0 Å². The molecule has 4 nitrogen and oxygen atoms in total. The highest BCUT2D eigenvalue weighted by Crippen LogP contribution is 2.08. The van der Waals surface area contributed by atoms with Gasteiger partial charge in [-0.2, -0.15) is 5.10 Å². The van der Waals surface area contributed by atoms with E-state index in [0.29, 0.717) is 0 Å². The summed E-state index contributed by atoms with van der Waals surface area (Å²) < 4.78 is 1.81. The fourth-order valence-corrected chi connectivity index (χ4v) is 1.57. The molecule has 1 atom stereocenters. The molecule has 1 N–H and O–H groups in total. The first-order valence-electron chi connectivity index (χ1n) is 5.37. The Morgan fingerprint density at radius 2 is 2.31 bits per heavy atom. The van der Waals surface area contributed by atoms with E-state index in [2.05, 4.69) is 22.3 Å². The van der Waals surface area contributed by atoms with E-state index in [9.17, 15) is 0 Å². The quantitative estimate of drug-likeness (QED) is 0.845. The third kappa shape index (κ3) is 2.67. The lowest BCUT2D eigenvalue weighted by Gasteiger charge is -2.11. The average Bonchev–Trinajstić information content (AvgIpc) is 2.73. The van der Waals surface area contributed by atoms with Crippen molar-refractivity contribution >= 4 is 0 Å². The zero-order chi connectivity index (χ0) is 11.4. The van der Waals surface area contributed by atoms with Gasteiger partial charge in [-0.1, -0.05) is 6.07 Å². The summed E-state index contributed by atoms with van der Waals surface area (Å²) in [6.45, 7) is 2.92. The van der Waals surface area contributed by atoms with Gasteiger partial charge in [-0.25, -0.2) is 0 Å². The van der Waals surface area contributed by atoms with Crippen LogP contribution in [0.5, 0.6) is 0 Å². The Bertz CT molecular complexity index is 435. The second kappa shape index (κ2) is 4.90. The maximum atomic E-state index is 4.31. The van der Waals surface area contributed by atoms with Crippen molar-refractivity contribution in [1.82, 2.24) is 20.1 Å². The maximum Gasteiger partial charge on any atom is 0.0570 e. The van der Waals surface area contributed by atoms with Crippen LogP contribution >= 0.6 is 0 Å². The molecule has 2 aromatic rings. The van der Waals surface area contributed by atoms with Crippen LogP contribution in [0.3, 0.4) is 0 Å². The van der Waals surface area contributed by atoms with Gasteiger partial charge in [0.05, 0.1) is 11.9 Å². The molecule has 0 fully saturated rings. The lowest BCUT2D eigenvalue weighted by Crippen LogP contribution is -2.18. The van der Waals surface area contributed by atoms with E-state index in [1.54, 1.807) is 0 Å². The van der Waals surface area contributed by atoms with Gasteiger partial charge in [0.25, 0.3) is 0 Å². The van der Waals surface area contributed by atoms with E-state index in [1.807, 2.05) is 48.5 Å². The van der Waals surface area contributed by atoms with Crippen LogP contribution in [0.4, 0.5) is 0 Å². The Hall–Kier alpha value is -1.68. The average molecular weight is 216 g/mol. The number of aromatic nitrogens is 3. The second-order valence-corrected chi connectivity index (χ2v) is 3.88. The third-order valence-corrected chi connectivity index (χ3v) is 2.50. The van der Waals surface area contributed by atoms with Gasteiger partial charge in [-0.15, -0.1) is 0 Å². The normalized spacial score (nSPS) is 12.6. The van der Waals surface area contributed by atoms with Crippen LogP contribution in [-0.4, -0.2) is 14.8 Å². The number of rotatable bonds is 4. The summed E-state index contributed by atoms with van der Waals surface area (Å²) in [5.41, 5.74) is 2.25. The number of nitrogens with one attached hydrogen (secondary N) is 1. The van der Waals surface area contributed by atoms with Gasteiger partial charge >= 0.3 is 0 Å². The van der Waals surface area contributed by atoms with E-state index in [4.69, 9.17) is 0 Å². The number of nitrogens with zero attached hydrogens (tertiary/aromatic N) is 3. The van der Waals surface area contributed by atoms with E-state index in [0.717, 1.165) is 12.2 Å². The minimum atomic E-state index is 0.251. The Morgan fingerprint density at radius 3 is 2.94 bits per heavy atom. The molecule has 0 bridgehead atoms. The predicted molar refractivity (Wildman–Crippen MR) is 62.7 cm³/mol. The summed E-state index contributed by atoms with van der Waals surface area (Å²) in [5, 5.41) is 7.54. The summed E-state index contributed by atoms with van der Waals surface area (Å²) in [6.07, 6.45) is 5.70. The molecule has 0 unspecified atom stereocenters. The molecule has 0 aliphatic heterocycles. The van der Waals surface area contributed by atoms with Gasteiger partial charge in [0, 0.05) is 37.6 Å². The molecule has 0 saturated heterocycles. The third-order valence-electron chi connectivity index (χ3n) is 2.50. The molecular formula is C12H16N4. The molecule has 2 rings (SSSR count). The van der Waals surface area contributed by atoms with Gasteiger partial charge in [0.2, 0.25) is 0 Å². The van der Waals surface area contributed by atoms with Crippen LogP contribution in [0.15, 0.2) is 36.8 Å². The van der Waals surface area contributed by atoms with Gasteiger partial charge in [0.15, 0.2) is 0 Å². The van der Waals surface area contributed by atoms with Crippen molar-refractivity contribution in [2.24, 2.45) is 7.05 Å². The van der Waals surface area contributed by atoms with Gasteiger partial charge < -0.3 is 5.32 Å². The highest BCUT2D eigenvalue weighted by atomic mass is 15.2. The minimum absolute atomic E-state index is 0.251. The summed E-state index contributed by atoms with van der Waals surface area (Å²) in [5.74, 6) is 0. The van der Waals surface area contributed by atoms with Gasteiger partial charge in [0.1, 0.15) is 0 Å². The molecule has 0 spiro atoms. The summed E-state index contributed by atoms with van der Waals surface area (Å²) in [6, 6.07) is 6.21. The van der Waals surface area contributed by atoms with Gasteiger partial charge in [-0.05, 0) is 19.1 Å². The zero-order valence-corrected chi connectivity index (χ0v) is 9.59. The Kier molecular flexibility index (Phi) is 3.31. The molecule has 2 heterocycles. The second-order valence-electron chi connectivity index (χ2n) is 3.88. The highest BCUT2D eigenvalue weighted by Gasteiger charge is 2.05. The van der Waals surface area contributed by atoms with Crippen LogP contribution in [0.2, 0.25) is 0 Å². The highest BCUT2D eigenvalue weighted by molar-refractivity contribution is 5.09. The number of hydrogen-bond acceptors (Lipinski definition) is 3. The summed E-state index contributed by atoms with van der Waals surface area (Å²) >= 11 is 0. The molecule has 16 heavy (non-hydrogen) atoms. The largest absolute Gasteiger partial charge is 0.305 e. The van der Waals surface area contributed by atoms with Crippen molar-refractivity contribution in [3.8, 4) is 0 Å². The zero-order valence-electron chi connectivity index (χ0n) is 9.59. The van der Waals surface area contributed by atoms with Gasteiger partial charge in [-0.3, -0.25) is 9.67 Å². The first-order valence-corrected chi connectivity index (χ1v) is 5.37. The lowest BCUT2D eigenvalue weighted by molar-refractivity contribution is 0.561. The molecule has 0 amide bonds. The van der Waals surface area contributed by atoms with Crippen LogP contribution < -0.4 is 5.32 Å². The Morgan fingerprint density at radius 1 is 1.44 bits per heavy atom. The molecular weight excluding hydrogens is 200 g/mol. The first-order chi connectivity index (χ1) is 7.75. The molecule has 0 aliphatic carbocycles. The fraction of sp³-hybridized carbons (Fsp3) is 0.333.